The largest absolute Gasteiger partial charge is 0.352 e. The molecule has 1 saturated heterocycles. The second kappa shape index (κ2) is 8.99. The van der Waals surface area contributed by atoms with Gasteiger partial charge in [0.15, 0.2) is 17.3 Å². The number of rotatable bonds is 4. The summed E-state index contributed by atoms with van der Waals surface area (Å²) in [6, 6.07) is 31.1. The van der Waals surface area contributed by atoms with Crippen molar-refractivity contribution in [2.24, 2.45) is 5.41 Å². The zero-order valence-corrected chi connectivity index (χ0v) is 22.5. The van der Waals surface area contributed by atoms with Crippen molar-refractivity contribution in [1.82, 2.24) is 0 Å². The molecule has 3 atom stereocenters. The van der Waals surface area contributed by atoms with E-state index in [2.05, 4.69) is 30.9 Å². The summed E-state index contributed by atoms with van der Waals surface area (Å²) in [7, 11) is 0. The topological polar surface area (TPSA) is 54.5 Å². The summed E-state index contributed by atoms with van der Waals surface area (Å²) < 4.78 is 0. The van der Waals surface area contributed by atoms with Crippen LogP contribution in [0.5, 0.6) is 0 Å². The lowest BCUT2D eigenvalue weighted by Crippen LogP contribution is -2.48. The number of para-hydroxylation sites is 1. The molecule has 3 aliphatic rings. The van der Waals surface area contributed by atoms with Gasteiger partial charge in [-0.05, 0) is 28.7 Å². The molecule has 0 aromatic heterocycles. The average Bonchev–Trinajstić information content (AvgIpc) is 3.43. The van der Waals surface area contributed by atoms with Crippen molar-refractivity contribution in [3.05, 3.63) is 143 Å². The first-order chi connectivity index (χ1) is 19.4. The van der Waals surface area contributed by atoms with E-state index in [1.54, 1.807) is 24.3 Å². The molecule has 7 rings (SSSR count). The first-order valence-corrected chi connectivity index (χ1v) is 13.9. The van der Waals surface area contributed by atoms with Crippen LogP contribution in [0.15, 0.2) is 109 Å². The van der Waals surface area contributed by atoms with E-state index in [9.17, 15) is 14.4 Å². The van der Waals surface area contributed by atoms with Crippen LogP contribution >= 0.6 is 0 Å². The van der Waals surface area contributed by atoms with Crippen molar-refractivity contribution < 1.29 is 14.4 Å². The van der Waals surface area contributed by atoms with E-state index in [0.29, 0.717) is 22.6 Å². The van der Waals surface area contributed by atoms with Gasteiger partial charge in [0, 0.05) is 28.3 Å². The maximum absolute atomic E-state index is 14.7. The number of ketones is 3. The number of nitrogens with zero attached hydrogens (tertiary/aromatic N) is 1. The molecular weight excluding hydrogens is 494 g/mol. The lowest BCUT2D eigenvalue weighted by atomic mass is 9.64. The van der Waals surface area contributed by atoms with E-state index in [1.165, 1.54) is 0 Å². The standard InChI is InChI=1S/C36H29NO3/c1-22(2)23-16-18-25(19-17-23)31-32(33(38)26-11-4-3-5-12-26)37-29-15-9-6-10-24(29)20-21-30(37)36(31)34(39)27-13-7-8-14-28(27)35(36)40/h3-22,30-32H,1-2H3/t30-,31+,32-/m1/s1. The Labute approximate surface area is 234 Å². The van der Waals surface area contributed by atoms with Gasteiger partial charge in [-0.15, -0.1) is 0 Å². The number of carbonyl (C=O) groups excluding carboxylic acids is 3. The highest BCUT2D eigenvalue weighted by Gasteiger charge is 2.71. The second-order valence-corrected chi connectivity index (χ2v) is 11.3. The fourth-order valence-corrected chi connectivity index (χ4v) is 7.15. The SMILES string of the molecule is CC(C)c1ccc([C@H]2[C@H](C(=O)c3ccccc3)N3c4ccccc4C=C[C@@H]3C23C(=O)c2ccccc2C3=O)cc1. The first-order valence-electron chi connectivity index (χ1n) is 13.9. The second-order valence-electron chi connectivity index (χ2n) is 11.3. The van der Waals surface area contributed by atoms with Crippen molar-refractivity contribution in [2.75, 3.05) is 4.90 Å². The maximum Gasteiger partial charge on any atom is 0.185 e. The van der Waals surface area contributed by atoms with Crippen molar-refractivity contribution >= 4 is 29.1 Å². The van der Waals surface area contributed by atoms with Gasteiger partial charge < -0.3 is 4.90 Å². The van der Waals surface area contributed by atoms with Crippen LogP contribution in [0.3, 0.4) is 0 Å². The lowest BCUT2D eigenvalue weighted by molar-refractivity contribution is 0.0666. The quantitative estimate of drug-likeness (QED) is 0.211. The molecule has 0 saturated carbocycles. The molecule has 0 amide bonds. The van der Waals surface area contributed by atoms with E-state index in [0.717, 1.165) is 22.4 Å². The summed E-state index contributed by atoms with van der Waals surface area (Å²) in [5.74, 6) is -0.855. The Morgan fingerprint density at radius 1 is 0.750 bits per heavy atom. The molecule has 0 bridgehead atoms. The lowest BCUT2D eigenvalue weighted by Gasteiger charge is -2.37. The molecule has 0 radical (unpaired) electrons. The zero-order valence-electron chi connectivity index (χ0n) is 22.5. The number of fused-ring (bicyclic) bond motifs is 5. The van der Waals surface area contributed by atoms with Gasteiger partial charge in [0.05, 0.1) is 6.04 Å². The van der Waals surface area contributed by atoms with Crippen LogP contribution in [-0.4, -0.2) is 29.4 Å². The predicted molar refractivity (Wildman–Crippen MR) is 157 cm³/mol. The van der Waals surface area contributed by atoms with E-state index < -0.39 is 23.4 Å². The molecule has 0 N–H and O–H groups in total. The molecule has 2 heterocycles. The molecule has 40 heavy (non-hydrogen) atoms. The van der Waals surface area contributed by atoms with Crippen molar-refractivity contribution in [3.8, 4) is 0 Å². The van der Waals surface area contributed by atoms with Crippen LogP contribution in [-0.2, 0) is 0 Å². The molecule has 1 aliphatic carbocycles. The normalized spacial score (nSPS) is 22.0. The summed E-state index contributed by atoms with van der Waals surface area (Å²) in [6.45, 7) is 4.27. The van der Waals surface area contributed by atoms with Gasteiger partial charge in [-0.1, -0.05) is 123 Å². The third kappa shape index (κ3) is 3.22. The van der Waals surface area contributed by atoms with Crippen LogP contribution in [0.2, 0.25) is 0 Å². The van der Waals surface area contributed by atoms with E-state index in [-0.39, 0.29) is 17.3 Å². The molecule has 4 nitrogen and oxygen atoms in total. The summed E-state index contributed by atoms with van der Waals surface area (Å²) in [6.07, 6.45) is 3.97. The van der Waals surface area contributed by atoms with Gasteiger partial charge in [-0.25, -0.2) is 0 Å². The molecule has 196 valence electrons. The molecule has 4 aromatic rings. The molecule has 4 aromatic carbocycles. The van der Waals surface area contributed by atoms with Gasteiger partial charge in [-0.2, -0.15) is 0 Å². The Balaban J connectivity index is 1.54. The summed E-state index contributed by atoms with van der Waals surface area (Å²) in [4.78, 5) is 46.0. The zero-order chi connectivity index (χ0) is 27.6. The third-order valence-corrected chi connectivity index (χ3v) is 9.00. The minimum absolute atomic E-state index is 0.0953. The number of carbonyl (C=O) groups is 3. The van der Waals surface area contributed by atoms with E-state index >= 15 is 0 Å². The Hall–Kier alpha value is -4.57. The summed E-state index contributed by atoms with van der Waals surface area (Å²) >= 11 is 0. The van der Waals surface area contributed by atoms with Crippen LogP contribution in [0.25, 0.3) is 6.08 Å². The summed E-state index contributed by atoms with van der Waals surface area (Å²) in [5, 5.41) is 0. The van der Waals surface area contributed by atoms with Crippen LogP contribution in [0.1, 0.15) is 73.4 Å². The van der Waals surface area contributed by atoms with E-state index in [1.807, 2.05) is 78.9 Å². The van der Waals surface area contributed by atoms with Crippen molar-refractivity contribution in [2.45, 2.75) is 37.8 Å². The van der Waals surface area contributed by atoms with Gasteiger partial charge in [-0.3, -0.25) is 14.4 Å². The van der Waals surface area contributed by atoms with Gasteiger partial charge in [0.2, 0.25) is 0 Å². The highest BCUT2D eigenvalue weighted by atomic mass is 16.2. The minimum atomic E-state index is -1.47. The first kappa shape index (κ1) is 24.5. The van der Waals surface area contributed by atoms with Gasteiger partial charge in [0.25, 0.3) is 0 Å². The Bertz CT molecular complexity index is 1660. The number of anilines is 1. The molecule has 2 aliphatic heterocycles. The Morgan fingerprint density at radius 3 is 2.00 bits per heavy atom. The Morgan fingerprint density at radius 2 is 1.35 bits per heavy atom. The third-order valence-electron chi connectivity index (χ3n) is 9.00. The smallest absolute Gasteiger partial charge is 0.185 e. The molecule has 1 fully saturated rings. The van der Waals surface area contributed by atoms with Gasteiger partial charge in [0.1, 0.15) is 11.5 Å². The molecular formula is C36H29NO3. The maximum atomic E-state index is 14.7. The highest BCUT2D eigenvalue weighted by molar-refractivity contribution is 6.32. The molecule has 1 spiro atoms. The highest BCUT2D eigenvalue weighted by Crippen LogP contribution is 2.61. The van der Waals surface area contributed by atoms with Gasteiger partial charge >= 0.3 is 0 Å². The fraction of sp³-hybridized carbons (Fsp3) is 0.194. The average molecular weight is 524 g/mol. The Kier molecular flexibility index (Phi) is 5.50. The van der Waals surface area contributed by atoms with Crippen LogP contribution < -0.4 is 4.90 Å². The van der Waals surface area contributed by atoms with Crippen LogP contribution in [0.4, 0.5) is 5.69 Å². The van der Waals surface area contributed by atoms with E-state index in [4.69, 9.17) is 0 Å². The molecule has 0 unspecified atom stereocenters. The number of hydrogen-bond acceptors (Lipinski definition) is 4. The summed E-state index contributed by atoms with van der Waals surface area (Å²) in [5.41, 5.74) is 3.79. The molecule has 4 heteroatoms. The fourth-order valence-electron chi connectivity index (χ4n) is 7.15. The van der Waals surface area contributed by atoms with Crippen molar-refractivity contribution in [3.63, 3.8) is 0 Å². The number of hydrogen-bond donors (Lipinski definition) is 0. The van der Waals surface area contributed by atoms with Crippen molar-refractivity contribution in [1.29, 1.82) is 0 Å². The monoisotopic (exact) mass is 523 g/mol. The minimum Gasteiger partial charge on any atom is -0.352 e. The predicted octanol–water partition coefficient (Wildman–Crippen LogP) is 7.13. The number of benzene rings is 4. The van der Waals surface area contributed by atoms with Crippen LogP contribution in [0, 0.1) is 5.41 Å². The number of Topliss-reactive ketones (excluding diaryl/α,β-unsaturated/α-hetero) is 3.